The van der Waals surface area contributed by atoms with Gasteiger partial charge in [-0.05, 0) is 43.3 Å². The molecule has 1 amide bonds. The van der Waals surface area contributed by atoms with Gasteiger partial charge in [-0.25, -0.2) is 0 Å². The molecule has 0 bridgehead atoms. The van der Waals surface area contributed by atoms with Gasteiger partial charge in [0.2, 0.25) is 0 Å². The van der Waals surface area contributed by atoms with Crippen LogP contribution in [0.25, 0.3) is 0 Å². The maximum Gasteiger partial charge on any atom is 0.255 e. The van der Waals surface area contributed by atoms with Crippen molar-refractivity contribution in [1.29, 1.82) is 0 Å². The first-order valence-electron chi connectivity index (χ1n) is 6.71. The Morgan fingerprint density at radius 1 is 0.950 bits per heavy atom. The number of methoxy groups -OCH3 is 1. The van der Waals surface area contributed by atoms with Crippen LogP contribution in [0, 0.1) is 6.92 Å². The van der Waals surface area contributed by atoms with Gasteiger partial charge in [0.15, 0.2) is 0 Å². The predicted molar refractivity (Wildman–Crippen MR) is 83.5 cm³/mol. The van der Waals surface area contributed by atoms with Gasteiger partial charge >= 0.3 is 0 Å². The Bertz CT molecular complexity index is 530. The number of carbonyl (C=O) groups excluding carboxylic acids is 1. The van der Waals surface area contributed by atoms with Gasteiger partial charge in [-0.2, -0.15) is 0 Å². The first-order chi connectivity index (χ1) is 9.69. The summed E-state index contributed by atoms with van der Waals surface area (Å²) in [6, 6.07) is 14.7. The van der Waals surface area contributed by atoms with Crippen LogP contribution in [-0.2, 0) is 0 Å². The fraction of sp³-hybridized carbons (Fsp3) is 0.235. The first kappa shape index (κ1) is 15.8. The van der Waals surface area contributed by atoms with E-state index in [1.807, 2.05) is 45.0 Å². The van der Waals surface area contributed by atoms with Gasteiger partial charge in [0.1, 0.15) is 5.75 Å². The average Bonchev–Trinajstić information content (AvgIpc) is 2.51. The van der Waals surface area contributed by atoms with E-state index in [2.05, 4.69) is 5.32 Å². The number of nitrogens with one attached hydrogen (secondary N) is 1. The first-order valence-corrected chi connectivity index (χ1v) is 6.71. The number of benzene rings is 2. The van der Waals surface area contributed by atoms with E-state index in [0.29, 0.717) is 5.56 Å². The molecular formula is C17H21NO2. The summed E-state index contributed by atoms with van der Waals surface area (Å²) in [6.07, 6.45) is 0. The van der Waals surface area contributed by atoms with E-state index in [0.717, 1.165) is 17.0 Å². The maximum absolute atomic E-state index is 11.9. The Morgan fingerprint density at radius 2 is 1.50 bits per heavy atom. The summed E-state index contributed by atoms with van der Waals surface area (Å²) in [4.78, 5) is 11.9. The normalized spacial score (nSPS) is 9.20. The van der Waals surface area contributed by atoms with Gasteiger partial charge in [-0.15, -0.1) is 0 Å². The standard InChI is InChI=1S/C15H15NO2.C2H6/c1-11-3-7-13(8-4-11)16-15(17)12-5-9-14(18-2)10-6-12;1-2/h3-10H,1-2H3,(H,16,17);1-2H3. The molecule has 0 fully saturated rings. The molecule has 2 aromatic carbocycles. The molecule has 106 valence electrons. The lowest BCUT2D eigenvalue weighted by Gasteiger charge is -2.06. The average molecular weight is 271 g/mol. The molecule has 1 N–H and O–H groups in total. The molecule has 0 radical (unpaired) electrons. The zero-order valence-corrected chi connectivity index (χ0v) is 12.4. The molecule has 0 aliphatic heterocycles. The van der Waals surface area contributed by atoms with Crippen molar-refractivity contribution >= 4 is 11.6 Å². The molecule has 0 heterocycles. The molecule has 0 aliphatic rings. The van der Waals surface area contributed by atoms with Crippen molar-refractivity contribution < 1.29 is 9.53 Å². The van der Waals surface area contributed by atoms with Gasteiger partial charge < -0.3 is 10.1 Å². The predicted octanol–water partition coefficient (Wildman–Crippen LogP) is 4.28. The summed E-state index contributed by atoms with van der Waals surface area (Å²) in [5.74, 6) is 0.614. The smallest absolute Gasteiger partial charge is 0.255 e. The van der Waals surface area contributed by atoms with Crippen molar-refractivity contribution in [3.8, 4) is 5.75 Å². The van der Waals surface area contributed by atoms with Crippen molar-refractivity contribution in [3.63, 3.8) is 0 Å². The topological polar surface area (TPSA) is 38.3 Å². The summed E-state index contributed by atoms with van der Waals surface area (Å²) < 4.78 is 5.05. The van der Waals surface area contributed by atoms with E-state index < -0.39 is 0 Å². The van der Waals surface area contributed by atoms with Crippen molar-refractivity contribution in [2.45, 2.75) is 20.8 Å². The van der Waals surface area contributed by atoms with E-state index in [1.165, 1.54) is 0 Å². The van der Waals surface area contributed by atoms with Crippen LogP contribution in [0.5, 0.6) is 5.75 Å². The molecule has 0 saturated heterocycles. The molecule has 0 atom stereocenters. The number of amides is 1. The van der Waals surface area contributed by atoms with Crippen molar-refractivity contribution in [2.24, 2.45) is 0 Å². The van der Waals surface area contributed by atoms with Crippen LogP contribution in [0.15, 0.2) is 48.5 Å². The minimum absolute atomic E-state index is 0.124. The van der Waals surface area contributed by atoms with Crippen LogP contribution in [-0.4, -0.2) is 13.0 Å². The Labute approximate surface area is 120 Å². The third-order valence-corrected chi connectivity index (χ3v) is 2.66. The lowest BCUT2D eigenvalue weighted by Crippen LogP contribution is -2.11. The molecule has 0 saturated carbocycles. The van der Waals surface area contributed by atoms with Gasteiger partial charge in [-0.3, -0.25) is 4.79 Å². The van der Waals surface area contributed by atoms with E-state index in [1.54, 1.807) is 31.4 Å². The third kappa shape index (κ3) is 4.43. The minimum atomic E-state index is -0.124. The summed E-state index contributed by atoms with van der Waals surface area (Å²) in [5, 5.41) is 2.84. The zero-order valence-electron chi connectivity index (χ0n) is 12.4. The second-order valence-corrected chi connectivity index (χ2v) is 4.05. The fourth-order valence-electron chi connectivity index (χ4n) is 1.58. The number of carbonyl (C=O) groups is 1. The highest BCUT2D eigenvalue weighted by Gasteiger charge is 2.05. The molecule has 2 aromatic rings. The Balaban J connectivity index is 0.000000956. The van der Waals surface area contributed by atoms with Crippen molar-refractivity contribution in [2.75, 3.05) is 12.4 Å². The fourth-order valence-corrected chi connectivity index (χ4v) is 1.58. The largest absolute Gasteiger partial charge is 0.497 e. The number of aryl methyl sites for hydroxylation is 1. The molecule has 20 heavy (non-hydrogen) atoms. The lowest BCUT2D eigenvalue weighted by molar-refractivity contribution is 0.102. The Kier molecular flexibility index (Phi) is 6.30. The monoisotopic (exact) mass is 271 g/mol. The van der Waals surface area contributed by atoms with Crippen molar-refractivity contribution in [3.05, 3.63) is 59.7 Å². The van der Waals surface area contributed by atoms with E-state index >= 15 is 0 Å². The highest BCUT2D eigenvalue weighted by molar-refractivity contribution is 6.04. The third-order valence-electron chi connectivity index (χ3n) is 2.66. The molecule has 3 heteroatoms. The number of anilines is 1. The second kappa shape index (κ2) is 8.00. The second-order valence-electron chi connectivity index (χ2n) is 4.05. The molecule has 3 nitrogen and oxygen atoms in total. The van der Waals surface area contributed by atoms with Gasteiger partial charge in [-0.1, -0.05) is 31.5 Å². The van der Waals surface area contributed by atoms with Crippen LogP contribution in [0.2, 0.25) is 0 Å². The van der Waals surface area contributed by atoms with E-state index in [-0.39, 0.29) is 5.91 Å². The van der Waals surface area contributed by atoms with Gasteiger partial charge in [0.05, 0.1) is 7.11 Å². The van der Waals surface area contributed by atoms with Gasteiger partial charge in [0, 0.05) is 11.3 Å². The van der Waals surface area contributed by atoms with Crippen molar-refractivity contribution in [1.82, 2.24) is 0 Å². The quantitative estimate of drug-likeness (QED) is 0.904. The lowest BCUT2D eigenvalue weighted by atomic mass is 10.2. The summed E-state index contributed by atoms with van der Waals surface area (Å²) in [7, 11) is 1.60. The van der Waals surface area contributed by atoms with Crippen LogP contribution in [0.4, 0.5) is 5.69 Å². The molecule has 0 aliphatic carbocycles. The molecule has 0 aromatic heterocycles. The zero-order chi connectivity index (χ0) is 15.0. The molecule has 2 rings (SSSR count). The minimum Gasteiger partial charge on any atom is -0.497 e. The maximum atomic E-state index is 11.9. The summed E-state index contributed by atoms with van der Waals surface area (Å²) in [6.45, 7) is 6.01. The number of ether oxygens (including phenoxy) is 1. The molecule has 0 spiro atoms. The Hall–Kier alpha value is -2.29. The highest BCUT2D eigenvalue weighted by Crippen LogP contribution is 2.14. The van der Waals surface area contributed by atoms with E-state index in [9.17, 15) is 4.79 Å². The molecular weight excluding hydrogens is 250 g/mol. The highest BCUT2D eigenvalue weighted by atomic mass is 16.5. The summed E-state index contributed by atoms with van der Waals surface area (Å²) in [5.41, 5.74) is 2.57. The summed E-state index contributed by atoms with van der Waals surface area (Å²) >= 11 is 0. The molecule has 0 unspecified atom stereocenters. The van der Waals surface area contributed by atoms with Gasteiger partial charge in [0.25, 0.3) is 5.91 Å². The van der Waals surface area contributed by atoms with E-state index in [4.69, 9.17) is 4.74 Å². The van der Waals surface area contributed by atoms with Crippen LogP contribution in [0.1, 0.15) is 29.8 Å². The van der Waals surface area contributed by atoms with Crippen LogP contribution >= 0.6 is 0 Å². The van der Waals surface area contributed by atoms with Crippen LogP contribution in [0.3, 0.4) is 0 Å². The SMILES string of the molecule is CC.COc1ccc(C(=O)Nc2ccc(C)cc2)cc1. The number of rotatable bonds is 3. The number of hydrogen-bond acceptors (Lipinski definition) is 2. The Morgan fingerprint density at radius 3 is 2.00 bits per heavy atom. The van der Waals surface area contributed by atoms with Crippen LogP contribution < -0.4 is 10.1 Å². The number of hydrogen-bond donors (Lipinski definition) is 1.